The second kappa shape index (κ2) is 5.44. The van der Waals surface area contributed by atoms with Gasteiger partial charge in [0.25, 0.3) is 0 Å². The van der Waals surface area contributed by atoms with Crippen LogP contribution in [-0.2, 0) is 4.79 Å². The lowest BCUT2D eigenvalue weighted by molar-refractivity contribution is -0.133. The molecule has 2 aromatic rings. The second-order valence-electron chi connectivity index (χ2n) is 5.06. The Morgan fingerprint density at radius 2 is 2.00 bits per heavy atom. The summed E-state index contributed by atoms with van der Waals surface area (Å²) in [5, 5.41) is 0. The lowest BCUT2D eigenvalue weighted by Gasteiger charge is -2.09. The topological polar surface area (TPSA) is 35.5 Å². The number of carbonyl (C=O) groups excluding carboxylic acids is 1. The molecule has 1 atom stereocenters. The molecule has 106 valence electrons. The third-order valence-corrected chi connectivity index (χ3v) is 3.50. The molecular formula is C18H16O3. The fourth-order valence-corrected chi connectivity index (χ4v) is 2.51. The van der Waals surface area contributed by atoms with E-state index >= 15 is 0 Å². The Morgan fingerprint density at radius 1 is 1.24 bits per heavy atom. The van der Waals surface area contributed by atoms with Crippen molar-refractivity contribution in [2.75, 3.05) is 6.61 Å². The van der Waals surface area contributed by atoms with E-state index in [0.29, 0.717) is 12.4 Å². The first-order chi connectivity index (χ1) is 10.2. The number of benzene rings is 2. The van der Waals surface area contributed by atoms with Crippen LogP contribution in [0, 0.1) is 6.92 Å². The van der Waals surface area contributed by atoms with Crippen LogP contribution in [0.3, 0.4) is 0 Å². The maximum Gasteiger partial charge on any atom is 0.323 e. The summed E-state index contributed by atoms with van der Waals surface area (Å²) in [6.07, 6.45) is 1.70. The minimum absolute atomic E-state index is 0.227. The lowest BCUT2D eigenvalue weighted by Crippen LogP contribution is -2.11. The van der Waals surface area contributed by atoms with E-state index in [1.54, 1.807) is 6.08 Å². The standard InChI is InChI=1S/C18H16O3/c1-3-10-20-14-7-5-13(6-8-14)17-15-11-12(2)4-9-16(15)21-18(17)19/h3-9,11,17H,1,10H2,2H3. The van der Waals surface area contributed by atoms with Gasteiger partial charge in [-0.15, -0.1) is 0 Å². The minimum Gasteiger partial charge on any atom is -0.490 e. The highest BCUT2D eigenvalue weighted by molar-refractivity contribution is 5.89. The van der Waals surface area contributed by atoms with Gasteiger partial charge >= 0.3 is 5.97 Å². The second-order valence-corrected chi connectivity index (χ2v) is 5.06. The fraction of sp³-hybridized carbons (Fsp3) is 0.167. The molecule has 0 aromatic heterocycles. The quantitative estimate of drug-likeness (QED) is 0.487. The van der Waals surface area contributed by atoms with E-state index in [-0.39, 0.29) is 11.9 Å². The summed E-state index contributed by atoms with van der Waals surface area (Å²) in [5.74, 6) is 0.834. The summed E-state index contributed by atoms with van der Waals surface area (Å²) in [5.41, 5.74) is 2.96. The molecule has 1 aliphatic rings. The van der Waals surface area contributed by atoms with Crippen molar-refractivity contribution in [3.05, 3.63) is 71.8 Å². The van der Waals surface area contributed by atoms with Crippen molar-refractivity contribution in [1.29, 1.82) is 0 Å². The molecule has 0 saturated heterocycles. The van der Waals surface area contributed by atoms with Gasteiger partial charge in [-0.1, -0.05) is 42.5 Å². The summed E-state index contributed by atoms with van der Waals surface area (Å²) in [4.78, 5) is 12.1. The monoisotopic (exact) mass is 280 g/mol. The number of hydrogen-bond donors (Lipinski definition) is 0. The van der Waals surface area contributed by atoms with Crippen LogP contribution >= 0.6 is 0 Å². The lowest BCUT2D eigenvalue weighted by atomic mass is 9.92. The van der Waals surface area contributed by atoms with Crippen LogP contribution in [0.15, 0.2) is 55.1 Å². The van der Waals surface area contributed by atoms with Crippen molar-refractivity contribution in [3.63, 3.8) is 0 Å². The zero-order chi connectivity index (χ0) is 14.8. The Balaban J connectivity index is 1.92. The van der Waals surface area contributed by atoms with Gasteiger partial charge in [-0.05, 0) is 30.7 Å². The number of hydrogen-bond acceptors (Lipinski definition) is 3. The highest BCUT2D eigenvalue weighted by atomic mass is 16.5. The predicted octanol–water partition coefficient (Wildman–Crippen LogP) is 3.61. The first-order valence-electron chi connectivity index (χ1n) is 6.85. The van der Waals surface area contributed by atoms with Gasteiger partial charge in [0, 0.05) is 5.56 Å². The fourth-order valence-electron chi connectivity index (χ4n) is 2.51. The van der Waals surface area contributed by atoms with Crippen LogP contribution in [0.5, 0.6) is 11.5 Å². The van der Waals surface area contributed by atoms with Gasteiger partial charge in [-0.2, -0.15) is 0 Å². The zero-order valence-electron chi connectivity index (χ0n) is 11.8. The summed E-state index contributed by atoms with van der Waals surface area (Å²) in [6, 6.07) is 13.3. The van der Waals surface area contributed by atoms with Crippen LogP contribution < -0.4 is 9.47 Å². The number of esters is 1. The molecule has 3 rings (SSSR count). The van der Waals surface area contributed by atoms with Crippen molar-refractivity contribution < 1.29 is 14.3 Å². The summed E-state index contributed by atoms with van der Waals surface area (Å²) < 4.78 is 10.8. The third-order valence-electron chi connectivity index (χ3n) is 3.50. The number of aryl methyl sites for hydroxylation is 1. The van der Waals surface area contributed by atoms with Crippen molar-refractivity contribution in [3.8, 4) is 11.5 Å². The van der Waals surface area contributed by atoms with E-state index in [0.717, 1.165) is 22.4 Å². The van der Waals surface area contributed by atoms with E-state index in [4.69, 9.17) is 9.47 Å². The van der Waals surface area contributed by atoms with E-state index in [9.17, 15) is 4.79 Å². The van der Waals surface area contributed by atoms with Gasteiger partial charge in [0.15, 0.2) is 0 Å². The molecule has 0 spiro atoms. The van der Waals surface area contributed by atoms with Crippen molar-refractivity contribution in [2.24, 2.45) is 0 Å². The van der Waals surface area contributed by atoms with E-state index in [1.165, 1.54) is 0 Å². The Labute approximate surface area is 123 Å². The maximum atomic E-state index is 12.1. The minimum atomic E-state index is -0.353. The van der Waals surface area contributed by atoms with E-state index in [2.05, 4.69) is 6.58 Å². The molecule has 0 radical (unpaired) electrons. The van der Waals surface area contributed by atoms with Crippen molar-refractivity contribution >= 4 is 5.97 Å². The molecule has 1 heterocycles. The van der Waals surface area contributed by atoms with Crippen LogP contribution in [0.1, 0.15) is 22.6 Å². The van der Waals surface area contributed by atoms with Gasteiger partial charge in [-0.25, -0.2) is 0 Å². The molecule has 0 saturated carbocycles. The molecule has 3 heteroatoms. The molecule has 0 fully saturated rings. The highest BCUT2D eigenvalue weighted by Gasteiger charge is 2.34. The van der Waals surface area contributed by atoms with Crippen LogP contribution in [0.25, 0.3) is 0 Å². The largest absolute Gasteiger partial charge is 0.490 e. The Hall–Kier alpha value is -2.55. The van der Waals surface area contributed by atoms with Crippen LogP contribution in [0.2, 0.25) is 0 Å². The molecule has 0 amide bonds. The molecule has 2 aromatic carbocycles. The average molecular weight is 280 g/mol. The van der Waals surface area contributed by atoms with Gasteiger partial charge in [-0.3, -0.25) is 4.79 Å². The van der Waals surface area contributed by atoms with Crippen molar-refractivity contribution in [2.45, 2.75) is 12.8 Å². The molecule has 0 aliphatic carbocycles. The SMILES string of the molecule is C=CCOc1ccc(C2C(=O)Oc3ccc(C)cc32)cc1. The smallest absolute Gasteiger partial charge is 0.323 e. The van der Waals surface area contributed by atoms with Gasteiger partial charge < -0.3 is 9.47 Å². The third kappa shape index (κ3) is 2.55. The Bertz CT molecular complexity index is 686. The summed E-state index contributed by atoms with van der Waals surface area (Å²) >= 11 is 0. The summed E-state index contributed by atoms with van der Waals surface area (Å²) in [6.45, 7) is 6.08. The van der Waals surface area contributed by atoms with Crippen LogP contribution in [-0.4, -0.2) is 12.6 Å². The molecule has 0 N–H and O–H groups in total. The molecule has 3 nitrogen and oxygen atoms in total. The van der Waals surface area contributed by atoms with Crippen LogP contribution in [0.4, 0.5) is 0 Å². The number of ether oxygens (including phenoxy) is 2. The molecular weight excluding hydrogens is 264 g/mol. The Kier molecular flexibility index (Phi) is 3.48. The normalized spacial score (nSPS) is 16.2. The molecule has 1 aliphatic heterocycles. The highest BCUT2D eigenvalue weighted by Crippen LogP contribution is 2.39. The maximum absolute atomic E-state index is 12.1. The van der Waals surface area contributed by atoms with Crippen molar-refractivity contribution in [1.82, 2.24) is 0 Å². The number of rotatable bonds is 4. The average Bonchev–Trinajstić information content (AvgIpc) is 2.81. The molecule has 21 heavy (non-hydrogen) atoms. The first kappa shape index (κ1) is 13.4. The van der Waals surface area contributed by atoms with Gasteiger partial charge in [0.2, 0.25) is 0 Å². The van der Waals surface area contributed by atoms with Gasteiger partial charge in [0.05, 0.1) is 0 Å². The number of fused-ring (bicyclic) bond motifs is 1. The molecule has 0 bridgehead atoms. The molecule has 1 unspecified atom stereocenters. The van der Waals surface area contributed by atoms with Gasteiger partial charge in [0.1, 0.15) is 24.0 Å². The predicted molar refractivity (Wildman–Crippen MR) is 80.8 cm³/mol. The number of carbonyl (C=O) groups is 1. The first-order valence-corrected chi connectivity index (χ1v) is 6.85. The van der Waals surface area contributed by atoms with E-state index in [1.807, 2.05) is 49.4 Å². The summed E-state index contributed by atoms with van der Waals surface area (Å²) in [7, 11) is 0. The zero-order valence-corrected chi connectivity index (χ0v) is 11.8. The Morgan fingerprint density at radius 3 is 2.71 bits per heavy atom. The van der Waals surface area contributed by atoms with E-state index < -0.39 is 0 Å².